The molecule has 1 nitrogen and oxygen atoms in total. The summed E-state index contributed by atoms with van der Waals surface area (Å²) >= 11 is 0. The maximum atomic E-state index is 4.30. The minimum absolute atomic E-state index is 0.766. The molecule has 3 aromatic carbocycles. The number of benzene rings is 3. The van der Waals surface area contributed by atoms with Gasteiger partial charge in [0.05, 0.1) is 6.54 Å². The largest absolute Gasteiger partial charge is 0.289 e. The molecule has 0 unspecified atom stereocenters. The zero-order chi connectivity index (χ0) is 12.7. The third-order valence-corrected chi connectivity index (χ3v) is 3.68. The molecule has 1 heterocycles. The van der Waals surface area contributed by atoms with Crippen LogP contribution in [-0.2, 0) is 0 Å². The van der Waals surface area contributed by atoms with Gasteiger partial charge in [0.1, 0.15) is 0 Å². The van der Waals surface area contributed by atoms with E-state index in [0.717, 1.165) is 6.54 Å². The second kappa shape index (κ2) is 4.06. The lowest BCUT2D eigenvalue weighted by Crippen LogP contribution is -2.23. The molecule has 3 aromatic rings. The van der Waals surface area contributed by atoms with Crippen molar-refractivity contribution < 1.29 is 0 Å². The summed E-state index contributed by atoms with van der Waals surface area (Å²) in [5.74, 6) is 0. The van der Waals surface area contributed by atoms with Gasteiger partial charge in [-0.05, 0) is 62.3 Å². The number of rotatable bonds is 0. The zero-order valence-corrected chi connectivity index (χ0v) is 10.5. The number of nitrogens with zero attached hydrogens (tertiary/aromatic N) is 1. The highest BCUT2D eigenvalue weighted by Gasteiger charge is 1.99. The lowest BCUT2D eigenvalue weighted by atomic mass is 10.0. The van der Waals surface area contributed by atoms with Crippen LogP contribution in [0.5, 0.6) is 0 Å². The number of hydrogen-bond acceptors (Lipinski definition) is 1. The Morgan fingerprint density at radius 1 is 0.737 bits per heavy atom. The summed E-state index contributed by atoms with van der Waals surface area (Å²) in [4.78, 5) is 4.30. The predicted molar refractivity (Wildman–Crippen MR) is 83.0 cm³/mol. The molecule has 0 radical (unpaired) electrons. The highest BCUT2D eigenvalue weighted by Crippen LogP contribution is 2.20. The van der Waals surface area contributed by atoms with Gasteiger partial charge in [-0.15, -0.1) is 0 Å². The Morgan fingerprint density at radius 2 is 1.42 bits per heavy atom. The average Bonchev–Trinajstić information content (AvgIpc) is 2.67. The highest BCUT2D eigenvalue weighted by molar-refractivity contribution is 5.99. The zero-order valence-electron chi connectivity index (χ0n) is 10.5. The molecular weight excluding hydrogens is 230 g/mol. The van der Waals surface area contributed by atoms with E-state index in [9.17, 15) is 0 Å². The van der Waals surface area contributed by atoms with E-state index in [2.05, 4.69) is 65.7 Å². The monoisotopic (exact) mass is 243 g/mol. The average molecular weight is 243 g/mol. The van der Waals surface area contributed by atoms with Gasteiger partial charge in [-0.1, -0.05) is 30.3 Å². The molecule has 1 heteroatoms. The van der Waals surface area contributed by atoms with E-state index >= 15 is 0 Å². The molecular formula is C18H13N. The fourth-order valence-electron chi connectivity index (χ4n) is 2.69. The number of aliphatic imine (C=N–C) groups is 1. The smallest absolute Gasteiger partial charge is 0.0579 e. The molecule has 0 amide bonds. The SMILES string of the molecule is C1=NCC=c2cc3cc4ccccc4cc3cc2=C1. The quantitative estimate of drug-likeness (QED) is 0.538. The van der Waals surface area contributed by atoms with Crippen molar-refractivity contribution in [2.24, 2.45) is 4.99 Å². The van der Waals surface area contributed by atoms with Gasteiger partial charge in [0.25, 0.3) is 0 Å². The summed E-state index contributed by atoms with van der Waals surface area (Å²) in [6.45, 7) is 0.766. The topological polar surface area (TPSA) is 12.4 Å². The van der Waals surface area contributed by atoms with E-state index in [1.54, 1.807) is 0 Å². The van der Waals surface area contributed by atoms with Gasteiger partial charge in [-0.2, -0.15) is 0 Å². The van der Waals surface area contributed by atoms with E-state index in [1.165, 1.54) is 32.0 Å². The molecule has 0 spiro atoms. The standard InChI is InChI=1S/C18H13N/c1-2-4-14-10-18-12-16-6-8-19-7-5-15(16)11-17(18)9-13(14)3-1/h1-7,9-12H,8H2. The van der Waals surface area contributed by atoms with Crippen LogP contribution in [0.3, 0.4) is 0 Å². The Labute approximate surface area is 111 Å². The first kappa shape index (κ1) is 10.5. The van der Waals surface area contributed by atoms with Crippen molar-refractivity contribution in [3.8, 4) is 0 Å². The molecule has 0 saturated carbocycles. The van der Waals surface area contributed by atoms with E-state index in [0.29, 0.717) is 0 Å². The minimum atomic E-state index is 0.766. The number of hydrogen-bond donors (Lipinski definition) is 0. The van der Waals surface area contributed by atoms with Gasteiger partial charge in [0, 0.05) is 6.21 Å². The van der Waals surface area contributed by atoms with Gasteiger partial charge in [-0.3, -0.25) is 4.99 Å². The van der Waals surface area contributed by atoms with E-state index < -0.39 is 0 Å². The normalized spacial score (nSPS) is 13.7. The van der Waals surface area contributed by atoms with Crippen LogP contribution in [0.1, 0.15) is 0 Å². The van der Waals surface area contributed by atoms with E-state index in [4.69, 9.17) is 0 Å². The second-order valence-electron chi connectivity index (χ2n) is 4.91. The summed E-state index contributed by atoms with van der Waals surface area (Å²) in [5.41, 5.74) is 0. The van der Waals surface area contributed by atoms with Crippen LogP contribution in [0.15, 0.2) is 53.5 Å². The van der Waals surface area contributed by atoms with Crippen molar-refractivity contribution in [1.82, 2.24) is 0 Å². The molecule has 4 rings (SSSR count). The molecule has 0 saturated heterocycles. The predicted octanol–water partition coefficient (Wildman–Crippen LogP) is 2.64. The van der Waals surface area contributed by atoms with Crippen LogP contribution in [0, 0.1) is 0 Å². The first-order valence-corrected chi connectivity index (χ1v) is 6.53. The summed E-state index contributed by atoms with van der Waals surface area (Å²) in [5, 5.41) is 7.70. The lowest BCUT2D eigenvalue weighted by molar-refractivity contribution is 1.32. The fourth-order valence-corrected chi connectivity index (χ4v) is 2.69. The lowest BCUT2D eigenvalue weighted by Gasteiger charge is -2.03. The second-order valence-corrected chi connectivity index (χ2v) is 4.91. The number of fused-ring (bicyclic) bond motifs is 3. The Kier molecular flexibility index (Phi) is 2.25. The Bertz CT molecular complexity index is 933. The molecule has 0 bridgehead atoms. The first-order valence-electron chi connectivity index (χ1n) is 6.53. The Balaban J connectivity index is 2.17. The summed E-state index contributed by atoms with van der Waals surface area (Å²) in [6.07, 6.45) is 6.17. The molecule has 0 N–H and O–H groups in total. The summed E-state index contributed by atoms with van der Waals surface area (Å²) < 4.78 is 0. The van der Waals surface area contributed by atoms with E-state index in [-0.39, 0.29) is 0 Å². The van der Waals surface area contributed by atoms with Crippen molar-refractivity contribution in [2.45, 2.75) is 0 Å². The van der Waals surface area contributed by atoms with Crippen LogP contribution in [0.25, 0.3) is 33.7 Å². The molecule has 0 aliphatic carbocycles. The Hall–Kier alpha value is -2.41. The summed E-state index contributed by atoms with van der Waals surface area (Å²) in [7, 11) is 0. The van der Waals surface area contributed by atoms with Crippen LogP contribution in [-0.4, -0.2) is 12.8 Å². The fraction of sp³-hybridized carbons (Fsp3) is 0.0556. The summed E-state index contributed by atoms with van der Waals surface area (Å²) in [6, 6.07) is 17.6. The third-order valence-electron chi connectivity index (χ3n) is 3.68. The van der Waals surface area contributed by atoms with Crippen molar-refractivity contribution in [2.75, 3.05) is 6.54 Å². The minimum Gasteiger partial charge on any atom is -0.289 e. The van der Waals surface area contributed by atoms with Crippen molar-refractivity contribution in [3.05, 3.63) is 59.0 Å². The molecule has 19 heavy (non-hydrogen) atoms. The molecule has 0 aromatic heterocycles. The van der Waals surface area contributed by atoms with Gasteiger partial charge in [0.15, 0.2) is 0 Å². The molecule has 1 aliphatic heterocycles. The van der Waals surface area contributed by atoms with Gasteiger partial charge in [0.2, 0.25) is 0 Å². The van der Waals surface area contributed by atoms with E-state index in [1.807, 2.05) is 6.21 Å². The third kappa shape index (κ3) is 1.75. The molecule has 0 fully saturated rings. The van der Waals surface area contributed by atoms with Crippen LogP contribution in [0.4, 0.5) is 0 Å². The highest BCUT2D eigenvalue weighted by atomic mass is 14.7. The maximum Gasteiger partial charge on any atom is 0.0579 e. The van der Waals surface area contributed by atoms with Crippen molar-refractivity contribution in [1.29, 1.82) is 0 Å². The molecule has 90 valence electrons. The first-order chi connectivity index (χ1) is 9.40. The van der Waals surface area contributed by atoms with Crippen LogP contribution < -0.4 is 10.4 Å². The van der Waals surface area contributed by atoms with Gasteiger partial charge >= 0.3 is 0 Å². The van der Waals surface area contributed by atoms with Crippen LogP contribution in [0.2, 0.25) is 0 Å². The maximum absolute atomic E-state index is 4.30. The molecule has 0 atom stereocenters. The van der Waals surface area contributed by atoms with Gasteiger partial charge < -0.3 is 0 Å². The van der Waals surface area contributed by atoms with Gasteiger partial charge in [-0.25, -0.2) is 0 Å². The van der Waals surface area contributed by atoms with Crippen molar-refractivity contribution in [3.63, 3.8) is 0 Å². The molecule has 1 aliphatic rings. The van der Waals surface area contributed by atoms with Crippen LogP contribution >= 0.6 is 0 Å². The van der Waals surface area contributed by atoms with Crippen molar-refractivity contribution >= 4 is 39.9 Å². The Morgan fingerprint density at radius 3 is 2.16 bits per heavy atom.